The molecule has 43 heavy (non-hydrogen) atoms. The molecule has 4 N–H and O–H groups in total. The van der Waals surface area contributed by atoms with E-state index in [4.69, 9.17) is 17.3 Å². The van der Waals surface area contributed by atoms with Crippen molar-refractivity contribution in [1.29, 1.82) is 0 Å². The van der Waals surface area contributed by atoms with Gasteiger partial charge in [0.05, 0.1) is 28.0 Å². The molecule has 0 spiro atoms. The number of nitrogens with two attached hydrogens (primary N) is 1. The number of anilines is 2. The van der Waals surface area contributed by atoms with E-state index in [1.165, 1.54) is 23.0 Å². The second kappa shape index (κ2) is 11.4. The standard InChI is InChI=1S/C27H28ClF3N10O2/c28-20-13-17(36-23-24-34-15-21(41(24)8-5-33-23)19-14-35-37-22(19)27(29,30)31)1-2-18(20)25(42)38-9-11-40(12-10-38)26(43)39-6-3-16(32)4-7-39/h1-2,5,8,13-16H,3-4,6-7,9-12,32H2,(H,33,36)(H,35,37). The number of carbonyl (C=O) groups excluding carboxylic acids is 2. The van der Waals surface area contributed by atoms with E-state index in [1.54, 1.807) is 28.0 Å². The Morgan fingerprint density at radius 1 is 1.02 bits per heavy atom. The van der Waals surface area contributed by atoms with Crippen LogP contribution in [0, 0.1) is 0 Å². The fourth-order valence-corrected chi connectivity index (χ4v) is 5.63. The molecule has 2 saturated heterocycles. The van der Waals surface area contributed by atoms with Crippen molar-refractivity contribution in [2.24, 2.45) is 5.73 Å². The molecule has 2 aliphatic heterocycles. The van der Waals surface area contributed by atoms with E-state index in [-0.39, 0.29) is 45.7 Å². The molecule has 0 aliphatic carbocycles. The Bertz CT molecular complexity index is 1660. The lowest BCUT2D eigenvalue weighted by Gasteiger charge is -2.39. The summed E-state index contributed by atoms with van der Waals surface area (Å²) in [5.74, 6) is 0.0312. The molecule has 12 nitrogen and oxygen atoms in total. The van der Waals surface area contributed by atoms with Crippen LogP contribution >= 0.6 is 11.6 Å². The van der Waals surface area contributed by atoms with Crippen LogP contribution < -0.4 is 11.1 Å². The zero-order chi connectivity index (χ0) is 30.3. The number of likely N-dealkylation sites (tertiary alicyclic amines) is 1. The van der Waals surface area contributed by atoms with Crippen LogP contribution in [0.2, 0.25) is 5.02 Å². The summed E-state index contributed by atoms with van der Waals surface area (Å²) in [4.78, 5) is 40.0. The van der Waals surface area contributed by atoms with Crippen molar-refractivity contribution < 1.29 is 22.8 Å². The number of piperidine rings is 1. The van der Waals surface area contributed by atoms with Crippen molar-refractivity contribution in [3.8, 4) is 11.3 Å². The third-order valence-corrected chi connectivity index (χ3v) is 8.04. The Morgan fingerprint density at radius 2 is 1.72 bits per heavy atom. The van der Waals surface area contributed by atoms with Gasteiger partial charge in [0.25, 0.3) is 5.91 Å². The maximum absolute atomic E-state index is 13.4. The number of fused-ring (bicyclic) bond motifs is 1. The number of piperazine rings is 1. The van der Waals surface area contributed by atoms with Gasteiger partial charge in [-0.2, -0.15) is 18.3 Å². The molecule has 0 unspecified atom stereocenters. The first-order valence-electron chi connectivity index (χ1n) is 13.7. The van der Waals surface area contributed by atoms with E-state index in [1.807, 2.05) is 4.90 Å². The molecule has 2 aliphatic rings. The summed E-state index contributed by atoms with van der Waals surface area (Å²) in [7, 11) is 0. The van der Waals surface area contributed by atoms with Crippen molar-refractivity contribution in [2.45, 2.75) is 25.1 Å². The second-order valence-electron chi connectivity index (χ2n) is 10.5. The molecule has 0 bridgehead atoms. The quantitative estimate of drug-likeness (QED) is 0.316. The van der Waals surface area contributed by atoms with Crippen molar-refractivity contribution in [3.63, 3.8) is 0 Å². The maximum atomic E-state index is 13.4. The van der Waals surface area contributed by atoms with Crippen LogP contribution in [0.15, 0.2) is 43.0 Å². The molecular formula is C27H28ClF3N10O2. The van der Waals surface area contributed by atoms with Crippen molar-refractivity contribution in [3.05, 3.63) is 59.3 Å². The van der Waals surface area contributed by atoms with E-state index in [0.717, 1.165) is 19.0 Å². The van der Waals surface area contributed by atoms with Crippen molar-refractivity contribution in [2.75, 3.05) is 44.6 Å². The van der Waals surface area contributed by atoms with Gasteiger partial charge in [-0.3, -0.25) is 14.3 Å². The van der Waals surface area contributed by atoms with Crippen LogP contribution in [0.4, 0.5) is 29.5 Å². The number of imidazole rings is 1. The molecule has 0 saturated carbocycles. The highest BCUT2D eigenvalue weighted by atomic mass is 35.5. The minimum atomic E-state index is -4.64. The third-order valence-electron chi connectivity index (χ3n) is 7.72. The van der Waals surface area contributed by atoms with E-state index >= 15 is 0 Å². The molecule has 226 valence electrons. The summed E-state index contributed by atoms with van der Waals surface area (Å²) in [6.07, 6.45) is 2.34. The summed E-state index contributed by atoms with van der Waals surface area (Å²) in [6, 6.07) is 4.94. The minimum absolute atomic E-state index is 0.0220. The molecule has 3 aromatic heterocycles. The topological polar surface area (TPSA) is 141 Å². The lowest BCUT2D eigenvalue weighted by Crippen LogP contribution is -2.55. The number of nitrogens with zero attached hydrogens (tertiary/aromatic N) is 7. The number of amides is 3. The summed E-state index contributed by atoms with van der Waals surface area (Å²) < 4.78 is 41.7. The van der Waals surface area contributed by atoms with Gasteiger partial charge in [0, 0.05) is 69.6 Å². The third kappa shape index (κ3) is 5.69. The molecule has 6 rings (SSSR count). The monoisotopic (exact) mass is 616 g/mol. The first-order chi connectivity index (χ1) is 20.6. The SMILES string of the molecule is NC1CCN(C(=O)N2CCN(C(=O)c3ccc(Nc4nccn5c(-c6c[nH]nc6C(F)(F)F)cnc45)cc3Cl)CC2)CC1. The number of benzene rings is 1. The number of hydrogen-bond acceptors (Lipinski definition) is 7. The lowest BCUT2D eigenvalue weighted by molar-refractivity contribution is -0.140. The number of aromatic amines is 1. The molecule has 5 heterocycles. The Hall–Kier alpha value is -4.37. The normalized spacial score (nSPS) is 16.6. The zero-order valence-corrected chi connectivity index (χ0v) is 23.6. The van der Waals surface area contributed by atoms with Crippen LogP contribution in [-0.2, 0) is 6.18 Å². The lowest BCUT2D eigenvalue weighted by atomic mass is 10.1. The molecule has 0 radical (unpaired) electrons. The van der Waals surface area contributed by atoms with E-state index in [9.17, 15) is 22.8 Å². The van der Waals surface area contributed by atoms with Crippen LogP contribution in [0.1, 0.15) is 28.9 Å². The number of H-pyrrole nitrogens is 1. The fourth-order valence-electron chi connectivity index (χ4n) is 5.37. The second-order valence-corrected chi connectivity index (χ2v) is 10.9. The highest BCUT2D eigenvalue weighted by Gasteiger charge is 2.37. The Kier molecular flexibility index (Phi) is 7.60. The molecular weight excluding hydrogens is 589 g/mol. The van der Waals surface area contributed by atoms with Gasteiger partial charge in [-0.25, -0.2) is 14.8 Å². The summed E-state index contributed by atoms with van der Waals surface area (Å²) >= 11 is 6.53. The van der Waals surface area contributed by atoms with E-state index in [0.29, 0.717) is 50.5 Å². The van der Waals surface area contributed by atoms with Gasteiger partial charge in [0.1, 0.15) is 0 Å². The van der Waals surface area contributed by atoms with Gasteiger partial charge in [0.15, 0.2) is 17.2 Å². The molecule has 16 heteroatoms. The molecule has 3 amide bonds. The van der Waals surface area contributed by atoms with Crippen molar-refractivity contribution >= 4 is 40.7 Å². The predicted molar refractivity (Wildman–Crippen MR) is 152 cm³/mol. The fraction of sp³-hybridized carbons (Fsp3) is 0.370. The number of halogens is 4. The van der Waals surface area contributed by atoms with Gasteiger partial charge in [-0.15, -0.1) is 0 Å². The number of alkyl halides is 3. The highest BCUT2D eigenvalue weighted by Crippen LogP contribution is 2.36. The van der Waals surface area contributed by atoms with Crippen molar-refractivity contribution in [1.82, 2.24) is 39.3 Å². The van der Waals surface area contributed by atoms with E-state index in [2.05, 4.69) is 25.5 Å². The molecule has 2 fully saturated rings. The largest absolute Gasteiger partial charge is 0.435 e. The maximum Gasteiger partial charge on any atom is 0.435 e. The summed E-state index contributed by atoms with van der Waals surface area (Å²) in [5, 5.41) is 8.91. The van der Waals surface area contributed by atoms with E-state index < -0.39 is 11.9 Å². The van der Waals surface area contributed by atoms with Crippen LogP contribution in [-0.4, -0.2) is 96.5 Å². The van der Waals surface area contributed by atoms with Crippen LogP contribution in [0.25, 0.3) is 16.9 Å². The van der Waals surface area contributed by atoms with Crippen LogP contribution in [0.3, 0.4) is 0 Å². The molecule has 4 aromatic rings. The van der Waals surface area contributed by atoms with Gasteiger partial charge >= 0.3 is 12.2 Å². The molecule has 1 aromatic carbocycles. The predicted octanol–water partition coefficient (Wildman–Crippen LogP) is 3.84. The summed E-state index contributed by atoms with van der Waals surface area (Å²) in [6.45, 7) is 2.91. The number of hydrogen-bond donors (Lipinski definition) is 3. The van der Waals surface area contributed by atoms with Gasteiger partial charge < -0.3 is 25.8 Å². The summed E-state index contributed by atoms with van der Waals surface area (Å²) in [5.41, 5.74) is 6.03. The van der Waals surface area contributed by atoms with Gasteiger partial charge in [-0.05, 0) is 31.0 Å². The Morgan fingerprint density at radius 3 is 2.42 bits per heavy atom. The number of aromatic nitrogens is 5. The highest BCUT2D eigenvalue weighted by molar-refractivity contribution is 6.34. The first-order valence-corrected chi connectivity index (χ1v) is 14.1. The number of rotatable bonds is 4. The van der Waals surface area contributed by atoms with Crippen LogP contribution in [0.5, 0.6) is 0 Å². The number of nitrogens with one attached hydrogen (secondary N) is 2. The average molecular weight is 617 g/mol. The minimum Gasteiger partial charge on any atom is -0.337 e. The molecule has 0 atom stereocenters. The number of carbonyl (C=O) groups is 2. The van der Waals surface area contributed by atoms with Gasteiger partial charge in [0.2, 0.25) is 0 Å². The van der Waals surface area contributed by atoms with Gasteiger partial charge in [-0.1, -0.05) is 11.6 Å². The zero-order valence-electron chi connectivity index (χ0n) is 22.8. The smallest absolute Gasteiger partial charge is 0.337 e. The first kappa shape index (κ1) is 28.7. The Balaban J connectivity index is 1.13. The Labute approximate surface area is 248 Å². The number of urea groups is 1. The average Bonchev–Trinajstić information content (AvgIpc) is 3.65.